The molecule has 3 heteroatoms. The minimum atomic E-state index is -1.16. The molecule has 3 nitrogen and oxygen atoms in total. The zero-order valence-corrected chi connectivity index (χ0v) is 16.2. The Kier molecular flexibility index (Phi) is 3.84. The summed E-state index contributed by atoms with van der Waals surface area (Å²) in [6.07, 6.45) is 9.15. The highest BCUT2D eigenvalue weighted by molar-refractivity contribution is 5.86. The van der Waals surface area contributed by atoms with Crippen LogP contribution in [0, 0.1) is 34.5 Å². The van der Waals surface area contributed by atoms with Gasteiger partial charge in [-0.3, -0.25) is 4.79 Å². The quantitative estimate of drug-likeness (QED) is 0.709. The average Bonchev–Trinajstić information content (AvgIpc) is 2.77. The predicted octanol–water partition coefficient (Wildman–Crippen LogP) is 3.88. The first-order valence-corrected chi connectivity index (χ1v) is 10.3. The van der Waals surface area contributed by atoms with E-state index in [1.165, 1.54) is 5.57 Å². The predicted molar refractivity (Wildman–Crippen MR) is 97.9 cm³/mol. The lowest BCUT2D eigenvalue weighted by molar-refractivity contribution is -0.165. The minimum Gasteiger partial charge on any atom is -0.393 e. The van der Waals surface area contributed by atoms with Crippen LogP contribution in [0.2, 0.25) is 0 Å². The van der Waals surface area contributed by atoms with Gasteiger partial charge in [0, 0.05) is 5.41 Å². The third-order valence-corrected chi connectivity index (χ3v) is 9.20. The zero-order chi connectivity index (χ0) is 18.2. The number of aliphatic hydroxyl groups excluding tert-OH is 1. The Morgan fingerprint density at radius 1 is 1.20 bits per heavy atom. The number of hydrogen-bond donors (Lipinski definition) is 2. The van der Waals surface area contributed by atoms with Crippen LogP contribution in [-0.2, 0) is 4.79 Å². The van der Waals surface area contributed by atoms with Gasteiger partial charge in [0.05, 0.1) is 6.10 Å². The molecule has 4 aliphatic carbocycles. The van der Waals surface area contributed by atoms with Crippen molar-refractivity contribution in [1.29, 1.82) is 0 Å². The molecule has 140 valence electrons. The number of ketones is 1. The Bertz CT molecular complexity index is 625. The van der Waals surface area contributed by atoms with Crippen molar-refractivity contribution in [3.63, 3.8) is 0 Å². The third-order valence-electron chi connectivity index (χ3n) is 9.20. The van der Waals surface area contributed by atoms with E-state index < -0.39 is 5.60 Å². The molecule has 0 saturated heterocycles. The fourth-order valence-corrected chi connectivity index (χ4v) is 7.73. The first-order chi connectivity index (χ1) is 11.6. The Hall–Kier alpha value is -0.670. The van der Waals surface area contributed by atoms with Gasteiger partial charge in [0.2, 0.25) is 0 Å². The lowest BCUT2D eigenvalue weighted by atomic mass is 9.46. The summed E-state index contributed by atoms with van der Waals surface area (Å²) in [5, 5.41) is 21.5. The number of carbonyl (C=O) groups excluding carboxylic acids is 1. The van der Waals surface area contributed by atoms with Gasteiger partial charge in [-0.1, -0.05) is 32.4 Å². The van der Waals surface area contributed by atoms with Crippen LogP contribution < -0.4 is 0 Å². The van der Waals surface area contributed by atoms with Crippen molar-refractivity contribution in [2.45, 2.75) is 84.3 Å². The number of hydrogen-bond acceptors (Lipinski definition) is 3. The number of fused-ring (bicyclic) bond motifs is 5. The first-order valence-electron chi connectivity index (χ1n) is 10.3. The van der Waals surface area contributed by atoms with Crippen LogP contribution in [0.5, 0.6) is 0 Å². The molecule has 4 aliphatic rings. The van der Waals surface area contributed by atoms with Gasteiger partial charge >= 0.3 is 0 Å². The maximum Gasteiger partial charge on any atom is 0.162 e. The van der Waals surface area contributed by atoms with Crippen LogP contribution in [0.3, 0.4) is 0 Å². The molecule has 0 bridgehead atoms. The Labute approximate surface area is 151 Å². The van der Waals surface area contributed by atoms with Gasteiger partial charge in [-0.2, -0.15) is 0 Å². The molecule has 8 atom stereocenters. The van der Waals surface area contributed by atoms with Crippen LogP contribution in [0.15, 0.2) is 11.6 Å². The molecule has 25 heavy (non-hydrogen) atoms. The molecule has 2 N–H and O–H groups in total. The van der Waals surface area contributed by atoms with E-state index in [0.29, 0.717) is 17.8 Å². The number of carbonyl (C=O) groups is 1. The van der Waals surface area contributed by atoms with Gasteiger partial charge < -0.3 is 10.2 Å². The van der Waals surface area contributed by atoms with Crippen LogP contribution in [0.4, 0.5) is 0 Å². The highest BCUT2D eigenvalue weighted by Gasteiger charge is 2.67. The largest absolute Gasteiger partial charge is 0.393 e. The molecule has 0 radical (unpaired) electrons. The van der Waals surface area contributed by atoms with E-state index in [4.69, 9.17) is 0 Å². The second-order valence-corrected chi connectivity index (χ2v) is 10.1. The van der Waals surface area contributed by atoms with E-state index in [0.717, 1.165) is 44.9 Å². The van der Waals surface area contributed by atoms with Gasteiger partial charge in [0.15, 0.2) is 5.78 Å². The monoisotopic (exact) mass is 346 g/mol. The van der Waals surface area contributed by atoms with E-state index in [1.54, 1.807) is 6.92 Å². The smallest absolute Gasteiger partial charge is 0.162 e. The Morgan fingerprint density at radius 3 is 2.60 bits per heavy atom. The van der Waals surface area contributed by atoms with E-state index >= 15 is 0 Å². The van der Waals surface area contributed by atoms with E-state index in [-0.39, 0.29) is 28.6 Å². The van der Waals surface area contributed by atoms with E-state index in [9.17, 15) is 15.0 Å². The van der Waals surface area contributed by atoms with E-state index in [1.807, 2.05) is 0 Å². The third kappa shape index (κ3) is 2.09. The molecule has 0 spiro atoms. The van der Waals surface area contributed by atoms with Crippen LogP contribution in [-0.4, -0.2) is 27.7 Å². The lowest BCUT2D eigenvalue weighted by Gasteiger charge is -2.58. The second kappa shape index (κ2) is 5.42. The lowest BCUT2D eigenvalue weighted by Crippen LogP contribution is -2.58. The molecule has 0 aromatic heterocycles. The second-order valence-electron chi connectivity index (χ2n) is 10.1. The summed E-state index contributed by atoms with van der Waals surface area (Å²) in [5.41, 5.74) is 0.249. The van der Waals surface area contributed by atoms with Crippen molar-refractivity contribution in [2.24, 2.45) is 34.5 Å². The zero-order valence-electron chi connectivity index (χ0n) is 16.2. The number of allylic oxidation sites excluding steroid dienone is 1. The Balaban J connectivity index is 1.72. The summed E-state index contributed by atoms with van der Waals surface area (Å²) >= 11 is 0. The van der Waals surface area contributed by atoms with Gasteiger partial charge in [0.1, 0.15) is 5.60 Å². The summed E-state index contributed by atoms with van der Waals surface area (Å²) in [6, 6.07) is 0. The maximum absolute atomic E-state index is 12.4. The van der Waals surface area contributed by atoms with Crippen molar-refractivity contribution >= 4 is 5.78 Å². The van der Waals surface area contributed by atoms with Crippen LogP contribution >= 0.6 is 0 Å². The number of Topliss-reactive ketones (excluding diaryl/α,β-unsaturated/α-hetero) is 1. The molecule has 0 aliphatic heterocycles. The summed E-state index contributed by atoms with van der Waals surface area (Å²) in [4.78, 5) is 12.4. The van der Waals surface area contributed by atoms with Crippen molar-refractivity contribution < 1.29 is 15.0 Å². The topological polar surface area (TPSA) is 57.5 Å². The van der Waals surface area contributed by atoms with Crippen molar-refractivity contribution in [3.8, 4) is 0 Å². The van der Waals surface area contributed by atoms with Gasteiger partial charge in [-0.05, 0) is 81.0 Å². The summed E-state index contributed by atoms with van der Waals surface area (Å²) < 4.78 is 0. The minimum absolute atomic E-state index is 0.0394. The average molecular weight is 347 g/mol. The van der Waals surface area contributed by atoms with Gasteiger partial charge in [-0.25, -0.2) is 0 Å². The van der Waals surface area contributed by atoms with Gasteiger partial charge in [0.25, 0.3) is 0 Å². The van der Waals surface area contributed by atoms with Crippen LogP contribution in [0.1, 0.15) is 72.6 Å². The maximum atomic E-state index is 12.4. The molecule has 0 unspecified atom stereocenters. The van der Waals surface area contributed by atoms with Gasteiger partial charge in [-0.15, -0.1) is 0 Å². The van der Waals surface area contributed by atoms with E-state index in [2.05, 4.69) is 26.8 Å². The van der Waals surface area contributed by atoms with Crippen molar-refractivity contribution in [2.75, 3.05) is 0 Å². The standard InChI is InChI=1S/C22H34O3/c1-13-11-19-17-6-5-15-12-16(24)7-9-20(15,3)18(17)8-10-21(19,4)22(13,25)14(2)23/h5,13,16-19,24-25H,6-12H2,1-4H3/t13-,16-,17+,18-,19-,20-,21-,22+/m0/s1. The molecule has 4 rings (SSSR count). The molecular weight excluding hydrogens is 312 g/mol. The number of rotatable bonds is 1. The summed E-state index contributed by atoms with van der Waals surface area (Å²) in [5.74, 6) is 1.64. The molecule has 0 heterocycles. The molecule has 3 saturated carbocycles. The van der Waals surface area contributed by atoms with Crippen molar-refractivity contribution in [3.05, 3.63) is 11.6 Å². The number of aliphatic hydroxyl groups is 2. The summed E-state index contributed by atoms with van der Waals surface area (Å²) in [6.45, 7) is 8.26. The highest BCUT2D eigenvalue weighted by Crippen LogP contribution is 2.68. The SMILES string of the molecule is CC(=O)[C@]1(O)[C@@H](C)C[C@H]2[C@@H]3CC=C4C[C@@H](O)CC[C@]4(C)[C@H]3CC[C@@]21C. The van der Waals surface area contributed by atoms with Crippen molar-refractivity contribution in [1.82, 2.24) is 0 Å². The first kappa shape index (κ1) is 17.7. The Morgan fingerprint density at radius 2 is 1.92 bits per heavy atom. The molecule has 0 amide bonds. The molecule has 0 aromatic carbocycles. The fraction of sp³-hybridized carbons (Fsp3) is 0.864. The molecule has 3 fully saturated rings. The normalized spacial score (nSPS) is 55.0. The molecular formula is C22H34O3. The fourth-order valence-electron chi connectivity index (χ4n) is 7.73. The summed E-state index contributed by atoms with van der Waals surface area (Å²) in [7, 11) is 0. The highest BCUT2D eigenvalue weighted by atomic mass is 16.3. The van der Waals surface area contributed by atoms with Crippen LogP contribution in [0.25, 0.3) is 0 Å². The molecule has 0 aromatic rings.